The molecular formula is C33H41N3O5. The Morgan fingerprint density at radius 3 is 2.07 bits per heavy atom. The van der Waals surface area contributed by atoms with Gasteiger partial charge < -0.3 is 25.4 Å². The molecule has 1 amide bonds. The fourth-order valence-corrected chi connectivity index (χ4v) is 4.10. The third-order valence-electron chi connectivity index (χ3n) is 6.17. The molecule has 8 nitrogen and oxygen atoms in total. The number of anilines is 2. The van der Waals surface area contributed by atoms with Gasteiger partial charge in [0.05, 0.1) is 5.56 Å². The first-order valence-corrected chi connectivity index (χ1v) is 14.1. The Kier molecular flexibility index (Phi) is 11.3. The van der Waals surface area contributed by atoms with Crippen molar-refractivity contribution in [3.8, 4) is 5.75 Å². The number of amides is 1. The van der Waals surface area contributed by atoms with E-state index in [1.54, 1.807) is 81.4 Å². The molecule has 0 fully saturated rings. The number of nitrogens with two attached hydrogens (primary N) is 1. The van der Waals surface area contributed by atoms with Crippen LogP contribution in [0.4, 0.5) is 11.4 Å². The van der Waals surface area contributed by atoms with Crippen molar-refractivity contribution in [1.82, 2.24) is 4.90 Å². The van der Waals surface area contributed by atoms with Crippen molar-refractivity contribution in [2.45, 2.75) is 65.5 Å². The molecule has 0 bridgehead atoms. The number of nitrogens with one attached hydrogen (secondary N) is 1. The van der Waals surface area contributed by atoms with Gasteiger partial charge in [0.15, 0.2) is 0 Å². The van der Waals surface area contributed by atoms with Gasteiger partial charge >= 0.3 is 11.9 Å². The van der Waals surface area contributed by atoms with Crippen LogP contribution in [0.1, 0.15) is 79.7 Å². The van der Waals surface area contributed by atoms with Gasteiger partial charge in [-0.3, -0.25) is 9.59 Å². The van der Waals surface area contributed by atoms with Crippen LogP contribution in [0.2, 0.25) is 0 Å². The molecule has 0 aliphatic rings. The van der Waals surface area contributed by atoms with E-state index in [4.69, 9.17) is 15.2 Å². The zero-order valence-corrected chi connectivity index (χ0v) is 24.4. The predicted octanol–water partition coefficient (Wildman–Crippen LogP) is 6.46. The Labute approximate surface area is 242 Å². The van der Waals surface area contributed by atoms with E-state index < -0.39 is 17.5 Å². The van der Waals surface area contributed by atoms with Crippen LogP contribution in [0, 0.1) is 0 Å². The maximum absolute atomic E-state index is 13.3. The summed E-state index contributed by atoms with van der Waals surface area (Å²) < 4.78 is 11.0. The molecule has 3 aromatic rings. The first-order chi connectivity index (χ1) is 19.5. The van der Waals surface area contributed by atoms with Crippen molar-refractivity contribution in [3.05, 3.63) is 89.5 Å². The van der Waals surface area contributed by atoms with Crippen LogP contribution in [0.15, 0.2) is 72.8 Å². The van der Waals surface area contributed by atoms with Crippen molar-refractivity contribution in [3.63, 3.8) is 0 Å². The number of carbonyl (C=O) groups excluding carboxylic acids is 3. The second-order valence-corrected chi connectivity index (χ2v) is 11.0. The zero-order chi connectivity index (χ0) is 29.8. The van der Waals surface area contributed by atoms with E-state index in [0.29, 0.717) is 22.6 Å². The highest BCUT2D eigenvalue weighted by Gasteiger charge is 2.23. The van der Waals surface area contributed by atoms with Crippen molar-refractivity contribution in [2.75, 3.05) is 24.1 Å². The minimum atomic E-state index is -0.677. The van der Waals surface area contributed by atoms with Crippen LogP contribution in [0.5, 0.6) is 5.75 Å². The zero-order valence-electron chi connectivity index (χ0n) is 24.4. The van der Waals surface area contributed by atoms with Crippen molar-refractivity contribution in [2.24, 2.45) is 0 Å². The largest absolute Gasteiger partial charge is 0.459 e. The smallest absolute Gasteiger partial charge is 0.343 e. The van der Waals surface area contributed by atoms with Gasteiger partial charge in [0, 0.05) is 30.0 Å². The molecule has 3 aromatic carbocycles. The molecule has 0 unspecified atom stereocenters. The Hall–Kier alpha value is -4.33. The average molecular weight is 560 g/mol. The number of carbonyl (C=O) groups is 3. The van der Waals surface area contributed by atoms with Crippen LogP contribution in [-0.4, -0.2) is 41.4 Å². The van der Waals surface area contributed by atoms with Crippen LogP contribution in [0.25, 0.3) is 0 Å². The van der Waals surface area contributed by atoms with Crippen molar-refractivity contribution >= 4 is 29.2 Å². The normalized spacial score (nSPS) is 11.0. The molecule has 3 rings (SSSR count). The molecule has 0 atom stereocenters. The van der Waals surface area contributed by atoms with E-state index in [1.807, 2.05) is 12.1 Å². The molecule has 8 heteroatoms. The molecule has 0 aliphatic carbocycles. The lowest BCUT2D eigenvalue weighted by Gasteiger charge is -2.25. The number of benzene rings is 3. The van der Waals surface area contributed by atoms with Gasteiger partial charge in [-0.05, 0) is 93.4 Å². The number of nitrogen functional groups attached to an aromatic ring is 1. The second-order valence-electron chi connectivity index (χ2n) is 11.0. The maximum atomic E-state index is 13.3. The summed E-state index contributed by atoms with van der Waals surface area (Å²) in [6, 6.07) is 20.6. The van der Waals surface area contributed by atoms with Gasteiger partial charge in [0.2, 0.25) is 0 Å². The lowest BCUT2D eigenvalue weighted by molar-refractivity contribution is -0.155. The standard InChI is InChI=1S/C33H41N3O5/c1-5-6-7-8-21-35-28-17-13-26(14-18-28)32(39)40-29-19-9-24(10-20-29)22-36(23-30(37)41-33(2,3)4)31(38)25-11-15-27(34)16-12-25/h9-20,35H,5-8,21-23,34H2,1-4H3. The van der Waals surface area contributed by atoms with Crippen LogP contribution >= 0.6 is 0 Å². The number of hydrogen-bond acceptors (Lipinski definition) is 7. The quantitative estimate of drug-likeness (QED) is 0.107. The molecule has 0 aliphatic heterocycles. The van der Waals surface area contributed by atoms with Gasteiger partial charge in [-0.1, -0.05) is 38.3 Å². The van der Waals surface area contributed by atoms with Crippen molar-refractivity contribution < 1.29 is 23.9 Å². The van der Waals surface area contributed by atoms with E-state index in [-0.39, 0.29) is 19.0 Å². The molecule has 41 heavy (non-hydrogen) atoms. The molecular weight excluding hydrogens is 518 g/mol. The van der Waals surface area contributed by atoms with Gasteiger partial charge in [-0.2, -0.15) is 0 Å². The molecule has 0 saturated heterocycles. The highest BCUT2D eigenvalue weighted by Crippen LogP contribution is 2.19. The van der Waals surface area contributed by atoms with E-state index in [2.05, 4.69) is 12.2 Å². The number of hydrogen-bond donors (Lipinski definition) is 2. The summed E-state index contributed by atoms with van der Waals surface area (Å²) in [6.07, 6.45) is 4.76. The number of rotatable bonds is 13. The van der Waals surface area contributed by atoms with E-state index >= 15 is 0 Å². The summed E-state index contributed by atoms with van der Waals surface area (Å²) in [7, 11) is 0. The van der Waals surface area contributed by atoms with Gasteiger partial charge in [-0.25, -0.2) is 4.79 Å². The molecule has 0 radical (unpaired) electrons. The summed E-state index contributed by atoms with van der Waals surface area (Å²) in [5.74, 6) is -0.924. The predicted molar refractivity (Wildman–Crippen MR) is 162 cm³/mol. The number of ether oxygens (including phenoxy) is 2. The van der Waals surface area contributed by atoms with E-state index in [1.165, 1.54) is 24.2 Å². The fourth-order valence-electron chi connectivity index (χ4n) is 4.10. The maximum Gasteiger partial charge on any atom is 0.343 e. The minimum absolute atomic E-state index is 0.156. The number of unbranched alkanes of at least 4 members (excludes halogenated alkanes) is 3. The first kappa shape index (κ1) is 31.2. The summed E-state index contributed by atoms with van der Waals surface area (Å²) in [5.41, 5.74) is 8.20. The highest BCUT2D eigenvalue weighted by atomic mass is 16.6. The summed E-state index contributed by atoms with van der Waals surface area (Å²) >= 11 is 0. The second kappa shape index (κ2) is 14.9. The number of esters is 2. The Bertz CT molecular complexity index is 1280. The molecule has 3 N–H and O–H groups in total. The first-order valence-electron chi connectivity index (χ1n) is 14.1. The Morgan fingerprint density at radius 2 is 1.46 bits per heavy atom. The third-order valence-corrected chi connectivity index (χ3v) is 6.17. The Balaban J connectivity index is 1.62. The number of nitrogens with zero attached hydrogens (tertiary/aromatic N) is 1. The van der Waals surface area contributed by atoms with Gasteiger partial charge in [0.1, 0.15) is 17.9 Å². The van der Waals surface area contributed by atoms with Crippen molar-refractivity contribution in [1.29, 1.82) is 0 Å². The fraction of sp³-hybridized carbons (Fsp3) is 0.364. The SMILES string of the molecule is CCCCCCNc1ccc(C(=O)Oc2ccc(CN(CC(=O)OC(C)(C)C)C(=O)c3ccc(N)cc3)cc2)cc1. The lowest BCUT2D eigenvalue weighted by Crippen LogP contribution is -2.38. The molecule has 0 heterocycles. The van der Waals surface area contributed by atoms with Crippen LogP contribution in [0.3, 0.4) is 0 Å². The molecule has 0 saturated carbocycles. The van der Waals surface area contributed by atoms with Crippen LogP contribution < -0.4 is 15.8 Å². The molecule has 0 aromatic heterocycles. The van der Waals surface area contributed by atoms with Crippen LogP contribution in [-0.2, 0) is 16.1 Å². The third kappa shape index (κ3) is 10.6. The van der Waals surface area contributed by atoms with E-state index in [0.717, 1.165) is 24.2 Å². The Morgan fingerprint density at radius 1 is 0.829 bits per heavy atom. The monoisotopic (exact) mass is 559 g/mol. The topological polar surface area (TPSA) is 111 Å². The summed E-state index contributed by atoms with van der Waals surface area (Å²) in [6.45, 7) is 8.35. The highest BCUT2D eigenvalue weighted by molar-refractivity contribution is 5.96. The summed E-state index contributed by atoms with van der Waals surface area (Å²) in [4.78, 5) is 39.9. The van der Waals surface area contributed by atoms with Gasteiger partial charge in [-0.15, -0.1) is 0 Å². The molecule has 0 spiro atoms. The average Bonchev–Trinajstić information content (AvgIpc) is 2.93. The molecule has 218 valence electrons. The summed E-state index contributed by atoms with van der Waals surface area (Å²) in [5, 5.41) is 3.37. The van der Waals surface area contributed by atoms with E-state index in [9.17, 15) is 14.4 Å². The lowest BCUT2D eigenvalue weighted by atomic mass is 10.1. The minimum Gasteiger partial charge on any atom is -0.459 e. The van der Waals surface area contributed by atoms with Gasteiger partial charge in [0.25, 0.3) is 5.91 Å².